The van der Waals surface area contributed by atoms with Crippen LogP contribution in [0.1, 0.15) is 12.8 Å². The fraction of sp³-hybridized carbons (Fsp3) is 0.800. The average molecular weight is 247 g/mol. The summed E-state index contributed by atoms with van der Waals surface area (Å²) in [7, 11) is 0.252. The highest BCUT2D eigenvalue weighted by Gasteiger charge is 2.26. The average Bonchev–Trinajstić information content (AvgIpc) is 2.30. The van der Waals surface area contributed by atoms with Crippen LogP contribution in [0.25, 0.3) is 0 Å². The van der Waals surface area contributed by atoms with E-state index in [0.29, 0.717) is 19.6 Å². The highest BCUT2D eigenvalue weighted by Crippen LogP contribution is 2.11. The Morgan fingerprint density at radius 2 is 2.19 bits per heavy atom. The molecule has 0 aromatic rings. The van der Waals surface area contributed by atoms with Gasteiger partial charge >= 0.3 is 0 Å². The summed E-state index contributed by atoms with van der Waals surface area (Å²) in [6.07, 6.45) is 5.56. The predicted molar refractivity (Wildman–Crippen MR) is 65.4 cm³/mol. The lowest BCUT2D eigenvalue weighted by Crippen LogP contribution is -2.43. The SMILES string of the molecule is CNCCCN(C)S(=O)(=O)N1CC=CCC1. The van der Waals surface area contributed by atoms with E-state index in [1.807, 2.05) is 19.2 Å². The Morgan fingerprint density at radius 1 is 1.44 bits per heavy atom. The van der Waals surface area contributed by atoms with Gasteiger partial charge in [0.15, 0.2) is 0 Å². The quantitative estimate of drug-likeness (QED) is 0.532. The molecule has 1 aliphatic heterocycles. The molecule has 16 heavy (non-hydrogen) atoms. The first-order chi connectivity index (χ1) is 7.59. The van der Waals surface area contributed by atoms with Gasteiger partial charge in [0.25, 0.3) is 10.2 Å². The Kier molecular flexibility index (Phi) is 5.40. The van der Waals surface area contributed by atoms with E-state index in [0.717, 1.165) is 19.4 Å². The van der Waals surface area contributed by atoms with E-state index in [-0.39, 0.29) is 0 Å². The Morgan fingerprint density at radius 3 is 2.75 bits per heavy atom. The van der Waals surface area contributed by atoms with Gasteiger partial charge in [0, 0.05) is 26.7 Å². The summed E-state index contributed by atoms with van der Waals surface area (Å²) in [5.74, 6) is 0. The van der Waals surface area contributed by atoms with Crippen LogP contribution in [-0.4, -0.2) is 57.3 Å². The maximum atomic E-state index is 12.1. The first-order valence-electron chi connectivity index (χ1n) is 5.60. The van der Waals surface area contributed by atoms with E-state index >= 15 is 0 Å². The molecule has 0 atom stereocenters. The number of hydrogen-bond acceptors (Lipinski definition) is 3. The standard InChI is InChI=1S/C10H21N3O2S/c1-11-7-6-8-12(2)16(14,15)13-9-4-3-5-10-13/h3-4,11H,5-10H2,1-2H3. The molecule has 0 spiro atoms. The van der Waals surface area contributed by atoms with Crippen molar-refractivity contribution in [3.63, 3.8) is 0 Å². The third-order valence-corrected chi connectivity index (χ3v) is 4.60. The topological polar surface area (TPSA) is 52.7 Å². The van der Waals surface area contributed by atoms with Crippen molar-refractivity contribution in [1.82, 2.24) is 13.9 Å². The lowest BCUT2D eigenvalue weighted by Gasteiger charge is -2.28. The van der Waals surface area contributed by atoms with Crippen LogP contribution in [0.2, 0.25) is 0 Å². The fourth-order valence-electron chi connectivity index (χ4n) is 1.62. The fourth-order valence-corrected chi connectivity index (χ4v) is 2.98. The minimum absolute atomic E-state index is 0.499. The van der Waals surface area contributed by atoms with Gasteiger partial charge in [0.1, 0.15) is 0 Å². The van der Waals surface area contributed by atoms with Gasteiger partial charge < -0.3 is 5.32 Å². The molecule has 0 aromatic carbocycles. The van der Waals surface area contributed by atoms with Crippen molar-refractivity contribution in [1.29, 1.82) is 0 Å². The second-order valence-corrected chi connectivity index (χ2v) is 5.94. The van der Waals surface area contributed by atoms with Gasteiger partial charge in [-0.05, 0) is 26.4 Å². The van der Waals surface area contributed by atoms with Crippen molar-refractivity contribution in [2.24, 2.45) is 0 Å². The molecule has 0 radical (unpaired) electrons. The van der Waals surface area contributed by atoms with Crippen molar-refractivity contribution < 1.29 is 8.42 Å². The van der Waals surface area contributed by atoms with Crippen LogP contribution in [0.4, 0.5) is 0 Å². The normalized spacial score (nSPS) is 18.2. The van der Waals surface area contributed by atoms with Gasteiger partial charge in [-0.15, -0.1) is 0 Å². The molecule has 1 N–H and O–H groups in total. The number of nitrogens with one attached hydrogen (secondary N) is 1. The summed E-state index contributed by atoms with van der Waals surface area (Å²) in [4.78, 5) is 0. The minimum Gasteiger partial charge on any atom is -0.320 e. The molecule has 0 amide bonds. The van der Waals surface area contributed by atoms with Crippen LogP contribution >= 0.6 is 0 Å². The Labute approximate surface area is 98.3 Å². The summed E-state index contributed by atoms with van der Waals surface area (Å²) in [5.41, 5.74) is 0. The molecule has 6 heteroatoms. The smallest absolute Gasteiger partial charge is 0.282 e. The largest absolute Gasteiger partial charge is 0.320 e. The molecule has 0 aliphatic carbocycles. The van der Waals surface area contributed by atoms with Crippen LogP contribution in [-0.2, 0) is 10.2 Å². The van der Waals surface area contributed by atoms with Gasteiger partial charge in [0.2, 0.25) is 0 Å². The first kappa shape index (κ1) is 13.6. The second kappa shape index (κ2) is 6.34. The zero-order valence-corrected chi connectivity index (χ0v) is 10.8. The van der Waals surface area contributed by atoms with E-state index in [1.165, 1.54) is 8.61 Å². The van der Waals surface area contributed by atoms with E-state index in [9.17, 15) is 8.42 Å². The lowest BCUT2D eigenvalue weighted by atomic mass is 10.3. The van der Waals surface area contributed by atoms with Crippen molar-refractivity contribution in [2.75, 3.05) is 40.3 Å². The molecule has 0 fully saturated rings. The van der Waals surface area contributed by atoms with Gasteiger partial charge in [-0.3, -0.25) is 0 Å². The summed E-state index contributed by atoms with van der Waals surface area (Å²) >= 11 is 0. The van der Waals surface area contributed by atoms with E-state index in [2.05, 4.69) is 5.32 Å². The highest BCUT2D eigenvalue weighted by atomic mass is 32.2. The third-order valence-electron chi connectivity index (χ3n) is 2.64. The van der Waals surface area contributed by atoms with Crippen LogP contribution in [0.3, 0.4) is 0 Å². The van der Waals surface area contributed by atoms with Crippen LogP contribution in [0, 0.1) is 0 Å². The molecule has 0 saturated carbocycles. The van der Waals surface area contributed by atoms with Crippen molar-refractivity contribution in [3.05, 3.63) is 12.2 Å². The Balaban J connectivity index is 2.51. The number of rotatable bonds is 6. The van der Waals surface area contributed by atoms with Crippen LogP contribution in [0.5, 0.6) is 0 Å². The summed E-state index contributed by atoms with van der Waals surface area (Å²) in [6.45, 7) is 2.48. The molecular weight excluding hydrogens is 226 g/mol. The second-order valence-electron chi connectivity index (χ2n) is 3.90. The Hall–Kier alpha value is -0.430. The molecular formula is C10H21N3O2S. The van der Waals surface area contributed by atoms with Gasteiger partial charge in [-0.25, -0.2) is 0 Å². The van der Waals surface area contributed by atoms with E-state index in [4.69, 9.17) is 0 Å². The zero-order chi connectivity index (χ0) is 12.0. The van der Waals surface area contributed by atoms with Gasteiger partial charge in [0.05, 0.1) is 0 Å². The Bertz CT molecular complexity index is 327. The molecule has 0 aromatic heterocycles. The molecule has 0 bridgehead atoms. The van der Waals surface area contributed by atoms with E-state index < -0.39 is 10.2 Å². The van der Waals surface area contributed by atoms with E-state index in [1.54, 1.807) is 7.05 Å². The molecule has 0 saturated heterocycles. The minimum atomic E-state index is -3.25. The summed E-state index contributed by atoms with van der Waals surface area (Å²) in [6, 6.07) is 0. The van der Waals surface area contributed by atoms with Crippen LogP contribution < -0.4 is 5.32 Å². The molecule has 1 heterocycles. The predicted octanol–water partition coefficient (Wildman–Crippen LogP) is 0.0344. The monoisotopic (exact) mass is 247 g/mol. The van der Waals surface area contributed by atoms with Crippen molar-refractivity contribution in [2.45, 2.75) is 12.8 Å². The molecule has 0 unspecified atom stereocenters. The maximum Gasteiger partial charge on any atom is 0.282 e. The van der Waals surface area contributed by atoms with Crippen molar-refractivity contribution >= 4 is 10.2 Å². The zero-order valence-electron chi connectivity index (χ0n) is 10.0. The van der Waals surface area contributed by atoms with Gasteiger partial charge in [-0.2, -0.15) is 17.0 Å². The van der Waals surface area contributed by atoms with Crippen molar-refractivity contribution in [3.8, 4) is 0 Å². The first-order valence-corrected chi connectivity index (χ1v) is 6.99. The maximum absolute atomic E-state index is 12.1. The molecule has 1 aliphatic rings. The molecule has 5 nitrogen and oxygen atoms in total. The highest BCUT2D eigenvalue weighted by molar-refractivity contribution is 7.86. The van der Waals surface area contributed by atoms with Crippen LogP contribution in [0.15, 0.2) is 12.2 Å². The summed E-state index contributed by atoms with van der Waals surface area (Å²) < 4.78 is 27.1. The number of nitrogens with zero attached hydrogens (tertiary/aromatic N) is 2. The summed E-state index contributed by atoms with van der Waals surface area (Å²) in [5, 5.41) is 3.01. The molecule has 94 valence electrons. The molecule has 1 rings (SSSR count). The lowest BCUT2D eigenvalue weighted by molar-refractivity contribution is 0.370. The number of hydrogen-bond donors (Lipinski definition) is 1. The third kappa shape index (κ3) is 3.55. The van der Waals surface area contributed by atoms with Gasteiger partial charge in [-0.1, -0.05) is 12.2 Å².